The van der Waals surface area contributed by atoms with Gasteiger partial charge in [-0.2, -0.15) is 4.31 Å². The van der Waals surface area contributed by atoms with Crippen molar-refractivity contribution in [1.82, 2.24) is 8.87 Å². The Balaban J connectivity index is 1.49. The average molecular weight is 415 g/mol. The lowest BCUT2D eigenvalue weighted by Gasteiger charge is -2.42. The van der Waals surface area contributed by atoms with Crippen LogP contribution in [0.5, 0.6) is 5.75 Å². The molecule has 0 N–H and O–H groups in total. The predicted molar refractivity (Wildman–Crippen MR) is 106 cm³/mol. The summed E-state index contributed by atoms with van der Waals surface area (Å²) in [6, 6.07) is 9.83. The van der Waals surface area contributed by atoms with Crippen LogP contribution < -0.4 is 15.2 Å². The molecule has 9 heteroatoms. The molecule has 1 amide bonds. The maximum Gasteiger partial charge on any atom is 0.264 e. The van der Waals surface area contributed by atoms with E-state index in [0.717, 1.165) is 12.1 Å². The number of pyridine rings is 1. The van der Waals surface area contributed by atoms with E-state index in [-0.39, 0.29) is 34.8 Å². The molecule has 2 bridgehead atoms. The first-order chi connectivity index (χ1) is 13.8. The number of piperidine rings is 1. The molecule has 1 aromatic carbocycles. The summed E-state index contributed by atoms with van der Waals surface area (Å²) in [5, 5.41) is 0. The van der Waals surface area contributed by atoms with Crippen LogP contribution in [0, 0.1) is 5.92 Å². The van der Waals surface area contributed by atoms with Crippen LogP contribution in [0.2, 0.25) is 0 Å². The Labute approximate surface area is 168 Å². The molecule has 0 spiro atoms. The fourth-order valence-electron chi connectivity index (χ4n) is 4.61. The Morgan fingerprint density at radius 1 is 1.07 bits per heavy atom. The monoisotopic (exact) mass is 415 g/mol. The SMILES string of the molecule is CN1C(=O)COc2ccc(S(=O)(=O)N3C[C@H]4C[C@@H](C3)c3cccc(=O)n3C4)cc21. The van der Waals surface area contributed by atoms with Crippen LogP contribution in [0.25, 0.3) is 0 Å². The van der Waals surface area contributed by atoms with Gasteiger partial charge in [0.05, 0.1) is 10.6 Å². The van der Waals surface area contributed by atoms with Crippen molar-refractivity contribution in [3.05, 3.63) is 52.4 Å². The smallest absolute Gasteiger partial charge is 0.264 e. The van der Waals surface area contributed by atoms with Gasteiger partial charge in [-0.05, 0) is 36.6 Å². The highest BCUT2D eigenvalue weighted by atomic mass is 32.2. The number of rotatable bonds is 2. The van der Waals surface area contributed by atoms with Crippen molar-refractivity contribution in [2.75, 3.05) is 31.6 Å². The third-order valence-electron chi connectivity index (χ3n) is 6.10. The van der Waals surface area contributed by atoms with Gasteiger partial charge in [-0.1, -0.05) is 6.07 Å². The van der Waals surface area contributed by atoms with Gasteiger partial charge in [0, 0.05) is 44.4 Å². The number of aromatic nitrogens is 1. The van der Waals surface area contributed by atoms with Gasteiger partial charge >= 0.3 is 0 Å². The minimum atomic E-state index is -3.74. The highest BCUT2D eigenvalue weighted by molar-refractivity contribution is 7.89. The molecule has 152 valence electrons. The maximum absolute atomic E-state index is 13.4. The zero-order valence-electron chi connectivity index (χ0n) is 15.9. The topological polar surface area (TPSA) is 88.9 Å². The molecule has 0 radical (unpaired) electrons. The Kier molecular flexibility index (Phi) is 4.08. The van der Waals surface area contributed by atoms with E-state index >= 15 is 0 Å². The lowest BCUT2D eigenvalue weighted by molar-refractivity contribution is -0.120. The molecule has 4 heterocycles. The van der Waals surface area contributed by atoms with Crippen LogP contribution in [0.15, 0.2) is 46.1 Å². The van der Waals surface area contributed by atoms with Crippen molar-refractivity contribution >= 4 is 21.6 Å². The molecule has 29 heavy (non-hydrogen) atoms. The number of hydrogen-bond acceptors (Lipinski definition) is 5. The van der Waals surface area contributed by atoms with Gasteiger partial charge in [-0.25, -0.2) is 8.42 Å². The van der Waals surface area contributed by atoms with Gasteiger partial charge in [-0.3, -0.25) is 9.59 Å². The van der Waals surface area contributed by atoms with Crippen LogP contribution in [-0.2, 0) is 21.4 Å². The highest BCUT2D eigenvalue weighted by Gasteiger charge is 2.40. The van der Waals surface area contributed by atoms with Crippen molar-refractivity contribution in [3.8, 4) is 5.75 Å². The molecular weight excluding hydrogens is 394 g/mol. The van der Waals surface area contributed by atoms with Crippen molar-refractivity contribution in [2.24, 2.45) is 5.92 Å². The first-order valence-corrected chi connectivity index (χ1v) is 11.0. The summed E-state index contributed by atoms with van der Waals surface area (Å²) in [4.78, 5) is 25.7. The molecule has 0 aliphatic carbocycles. The number of anilines is 1. The zero-order chi connectivity index (χ0) is 20.3. The van der Waals surface area contributed by atoms with E-state index < -0.39 is 10.0 Å². The van der Waals surface area contributed by atoms with Crippen LogP contribution >= 0.6 is 0 Å². The fourth-order valence-corrected chi connectivity index (χ4v) is 6.19. The van der Waals surface area contributed by atoms with Crippen molar-refractivity contribution in [3.63, 3.8) is 0 Å². The number of ether oxygens (including phenoxy) is 1. The molecule has 8 nitrogen and oxygen atoms in total. The van der Waals surface area contributed by atoms with Gasteiger partial charge in [0.25, 0.3) is 11.5 Å². The van der Waals surface area contributed by atoms with Crippen LogP contribution in [0.3, 0.4) is 0 Å². The lowest BCUT2D eigenvalue weighted by atomic mass is 9.84. The molecule has 1 aromatic heterocycles. The number of sulfonamides is 1. The molecule has 5 rings (SSSR count). The summed E-state index contributed by atoms with van der Waals surface area (Å²) >= 11 is 0. The largest absolute Gasteiger partial charge is 0.482 e. The fraction of sp³-hybridized carbons (Fsp3) is 0.400. The number of carbonyl (C=O) groups excluding carboxylic acids is 1. The van der Waals surface area contributed by atoms with E-state index in [1.165, 1.54) is 21.3 Å². The minimum Gasteiger partial charge on any atom is -0.482 e. The Morgan fingerprint density at radius 2 is 1.90 bits per heavy atom. The van der Waals surface area contributed by atoms with Gasteiger partial charge < -0.3 is 14.2 Å². The van der Waals surface area contributed by atoms with E-state index in [9.17, 15) is 18.0 Å². The standard InChI is InChI=1S/C20H21N3O5S/c1-21-17-8-15(5-6-18(17)28-12-20(21)25)29(26,27)22-9-13-7-14(11-22)16-3-2-4-19(24)23(16)10-13/h2-6,8,13-14H,7,9-12H2,1H3/t13-,14+/m1/s1. The Bertz CT molecular complexity index is 1170. The minimum absolute atomic E-state index is 0.00335. The summed E-state index contributed by atoms with van der Waals surface area (Å²) in [5.41, 5.74) is 1.32. The number of likely N-dealkylation sites (N-methyl/N-ethyl adjacent to an activating group) is 1. The number of benzene rings is 1. The number of carbonyl (C=O) groups is 1. The molecule has 3 aliphatic rings. The van der Waals surface area contributed by atoms with Crippen molar-refractivity contribution in [2.45, 2.75) is 23.8 Å². The first-order valence-electron chi connectivity index (χ1n) is 9.58. The lowest BCUT2D eigenvalue weighted by Crippen LogP contribution is -2.49. The van der Waals surface area contributed by atoms with Gasteiger partial charge in [0.1, 0.15) is 5.75 Å². The maximum atomic E-state index is 13.4. The molecular formula is C20H21N3O5S. The van der Waals surface area contributed by atoms with E-state index in [4.69, 9.17) is 4.74 Å². The molecule has 2 aromatic rings. The Morgan fingerprint density at radius 3 is 2.72 bits per heavy atom. The van der Waals surface area contributed by atoms with Gasteiger partial charge in [0.2, 0.25) is 10.0 Å². The number of amides is 1. The first kappa shape index (κ1) is 18.4. The number of hydrogen-bond donors (Lipinski definition) is 0. The summed E-state index contributed by atoms with van der Waals surface area (Å²) in [6.07, 6.45) is 0.880. The molecule has 0 saturated carbocycles. The van der Waals surface area contributed by atoms with E-state index in [0.29, 0.717) is 31.1 Å². The van der Waals surface area contributed by atoms with E-state index in [1.54, 1.807) is 29.8 Å². The van der Waals surface area contributed by atoms with E-state index in [1.807, 2.05) is 6.07 Å². The van der Waals surface area contributed by atoms with Gasteiger partial charge in [-0.15, -0.1) is 0 Å². The molecule has 2 atom stereocenters. The van der Waals surface area contributed by atoms with Crippen molar-refractivity contribution in [1.29, 1.82) is 0 Å². The average Bonchev–Trinajstić information content (AvgIpc) is 2.71. The summed E-state index contributed by atoms with van der Waals surface area (Å²) in [5.74, 6) is 0.370. The van der Waals surface area contributed by atoms with Crippen LogP contribution in [0.4, 0.5) is 5.69 Å². The molecule has 3 aliphatic heterocycles. The normalized spacial score (nSPS) is 23.9. The third kappa shape index (κ3) is 2.87. The highest BCUT2D eigenvalue weighted by Crippen LogP contribution is 2.39. The molecule has 0 unspecified atom stereocenters. The van der Waals surface area contributed by atoms with Crippen molar-refractivity contribution < 1.29 is 17.9 Å². The zero-order valence-corrected chi connectivity index (χ0v) is 16.8. The summed E-state index contributed by atoms with van der Waals surface area (Å²) < 4.78 is 35.5. The second-order valence-corrected chi connectivity index (χ2v) is 9.83. The quantitative estimate of drug-likeness (QED) is 0.731. The second kappa shape index (κ2) is 6.43. The number of nitrogens with zero attached hydrogens (tertiary/aromatic N) is 3. The molecule has 1 saturated heterocycles. The molecule has 1 fully saturated rings. The van der Waals surface area contributed by atoms with Crippen LogP contribution in [-0.4, -0.2) is 49.9 Å². The second-order valence-electron chi connectivity index (χ2n) is 7.89. The third-order valence-corrected chi connectivity index (χ3v) is 7.93. The van der Waals surface area contributed by atoms with E-state index in [2.05, 4.69) is 0 Å². The number of fused-ring (bicyclic) bond motifs is 5. The van der Waals surface area contributed by atoms with Gasteiger partial charge in [0.15, 0.2) is 6.61 Å². The predicted octanol–water partition coefficient (Wildman–Crippen LogP) is 1.01. The van der Waals surface area contributed by atoms with Crippen LogP contribution in [0.1, 0.15) is 18.0 Å². The summed E-state index contributed by atoms with van der Waals surface area (Å²) in [7, 11) is -2.13. The summed E-state index contributed by atoms with van der Waals surface area (Å²) in [6.45, 7) is 1.20. The Hall–Kier alpha value is -2.65.